The Morgan fingerprint density at radius 3 is 2.15 bits per heavy atom. The Balaban J connectivity index is 2.11. The van der Waals surface area contributed by atoms with Crippen LogP contribution in [0.1, 0.15) is 22.8 Å². The van der Waals surface area contributed by atoms with Gasteiger partial charge in [-0.05, 0) is 49.7 Å². The van der Waals surface area contributed by atoms with Gasteiger partial charge in [-0.3, -0.25) is 10.1 Å². The summed E-state index contributed by atoms with van der Waals surface area (Å²) in [5.41, 5.74) is 2.47. The number of aryl methyl sites for hydroxylation is 1. The van der Waals surface area contributed by atoms with E-state index in [1.165, 1.54) is 7.11 Å². The Hall–Kier alpha value is -3.22. The minimum absolute atomic E-state index is 0.275. The number of amides is 2. The zero-order valence-corrected chi connectivity index (χ0v) is 15.2. The monoisotopic (exact) mass is 358 g/mol. The predicted octanol–water partition coefficient (Wildman–Crippen LogP) is 3.83. The maximum Gasteiger partial charge on any atom is 0.411 e. The van der Waals surface area contributed by atoms with E-state index in [-0.39, 0.29) is 12.5 Å². The summed E-state index contributed by atoms with van der Waals surface area (Å²) >= 11 is 0. The molecular weight excluding hydrogens is 336 g/mol. The van der Waals surface area contributed by atoms with Crippen LogP contribution in [0.25, 0.3) is 0 Å². The normalized spacial score (nSPS) is 10.0. The van der Waals surface area contributed by atoms with E-state index >= 15 is 0 Å². The molecule has 7 nitrogen and oxygen atoms in total. The molecule has 0 aliphatic heterocycles. The van der Waals surface area contributed by atoms with Gasteiger partial charge >= 0.3 is 6.09 Å². The molecule has 138 valence electrons. The van der Waals surface area contributed by atoms with E-state index in [1.807, 2.05) is 6.92 Å². The Bertz CT molecular complexity index is 787. The van der Waals surface area contributed by atoms with Crippen molar-refractivity contribution in [3.8, 4) is 11.5 Å². The van der Waals surface area contributed by atoms with E-state index in [9.17, 15) is 9.59 Å². The predicted molar refractivity (Wildman–Crippen MR) is 99.3 cm³/mol. The van der Waals surface area contributed by atoms with Gasteiger partial charge in [0.1, 0.15) is 0 Å². The molecule has 0 fully saturated rings. The summed E-state index contributed by atoms with van der Waals surface area (Å²) in [6, 6.07) is 10.0. The molecule has 0 aromatic heterocycles. The standard InChI is InChI=1S/C19H22N2O5/c1-5-26-19(23)20-14-8-6-13(7-9-14)18(22)21-15-11-17(25-4)16(24-3)10-12(15)2/h6-11H,5H2,1-4H3,(H,20,23)(H,21,22). The van der Waals surface area contributed by atoms with E-state index in [2.05, 4.69) is 10.6 Å². The first kappa shape index (κ1) is 19.1. The zero-order valence-electron chi connectivity index (χ0n) is 15.2. The van der Waals surface area contributed by atoms with Crippen molar-refractivity contribution in [1.29, 1.82) is 0 Å². The van der Waals surface area contributed by atoms with Crippen molar-refractivity contribution >= 4 is 23.4 Å². The van der Waals surface area contributed by atoms with Crippen LogP contribution in [0.3, 0.4) is 0 Å². The first-order valence-electron chi connectivity index (χ1n) is 8.06. The summed E-state index contributed by atoms with van der Waals surface area (Å²) in [5, 5.41) is 5.42. The van der Waals surface area contributed by atoms with Crippen LogP contribution in [0.5, 0.6) is 11.5 Å². The lowest BCUT2D eigenvalue weighted by Gasteiger charge is -2.14. The van der Waals surface area contributed by atoms with Gasteiger partial charge in [-0.15, -0.1) is 0 Å². The second-order valence-corrected chi connectivity index (χ2v) is 5.40. The first-order chi connectivity index (χ1) is 12.5. The van der Waals surface area contributed by atoms with Crippen LogP contribution in [0.15, 0.2) is 36.4 Å². The molecule has 2 aromatic rings. The minimum Gasteiger partial charge on any atom is -0.493 e. The van der Waals surface area contributed by atoms with Crippen molar-refractivity contribution in [3.63, 3.8) is 0 Å². The van der Waals surface area contributed by atoms with Crippen molar-refractivity contribution in [2.45, 2.75) is 13.8 Å². The average Bonchev–Trinajstić information content (AvgIpc) is 2.63. The van der Waals surface area contributed by atoms with E-state index in [4.69, 9.17) is 14.2 Å². The summed E-state index contributed by atoms with van der Waals surface area (Å²) in [5.74, 6) is 0.850. The van der Waals surface area contributed by atoms with Gasteiger partial charge in [-0.25, -0.2) is 4.79 Å². The number of carbonyl (C=O) groups is 2. The third-order valence-electron chi connectivity index (χ3n) is 3.65. The maximum atomic E-state index is 12.5. The van der Waals surface area contributed by atoms with Crippen LogP contribution >= 0.6 is 0 Å². The molecule has 2 amide bonds. The molecule has 0 aliphatic carbocycles. The summed E-state index contributed by atoms with van der Waals surface area (Å²) in [4.78, 5) is 23.8. The van der Waals surface area contributed by atoms with Gasteiger partial charge in [0, 0.05) is 23.0 Å². The Kier molecular flexibility index (Phi) is 6.43. The molecule has 2 N–H and O–H groups in total. The summed E-state index contributed by atoms with van der Waals surface area (Å²) in [7, 11) is 3.09. The van der Waals surface area contributed by atoms with E-state index in [1.54, 1.807) is 50.4 Å². The number of nitrogens with one attached hydrogen (secondary N) is 2. The molecule has 0 aliphatic rings. The lowest BCUT2D eigenvalue weighted by atomic mass is 10.1. The second kappa shape index (κ2) is 8.75. The van der Waals surface area contributed by atoms with Gasteiger partial charge in [-0.2, -0.15) is 0 Å². The number of hydrogen-bond donors (Lipinski definition) is 2. The number of ether oxygens (including phenoxy) is 3. The molecule has 0 spiro atoms. The van der Waals surface area contributed by atoms with E-state index < -0.39 is 6.09 Å². The highest BCUT2D eigenvalue weighted by molar-refractivity contribution is 6.05. The number of methoxy groups -OCH3 is 2. The molecule has 0 unspecified atom stereocenters. The van der Waals surface area contributed by atoms with Gasteiger partial charge in [0.2, 0.25) is 0 Å². The summed E-state index contributed by atoms with van der Waals surface area (Å²) < 4.78 is 15.3. The van der Waals surface area contributed by atoms with E-state index in [0.717, 1.165) is 5.56 Å². The lowest BCUT2D eigenvalue weighted by Crippen LogP contribution is -2.15. The SMILES string of the molecule is CCOC(=O)Nc1ccc(C(=O)Nc2cc(OC)c(OC)cc2C)cc1. The van der Waals surface area contributed by atoms with Gasteiger partial charge in [0.15, 0.2) is 11.5 Å². The smallest absolute Gasteiger partial charge is 0.411 e. The third-order valence-corrected chi connectivity index (χ3v) is 3.65. The van der Waals surface area contributed by atoms with Crippen LogP contribution in [0, 0.1) is 6.92 Å². The maximum absolute atomic E-state index is 12.5. The van der Waals surface area contributed by atoms with Crippen molar-refractivity contribution in [1.82, 2.24) is 0 Å². The molecule has 0 atom stereocenters. The number of hydrogen-bond acceptors (Lipinski definition) is 5. The fraction of sp³-hybridized carbons (Fsp3) is 0.263. The Labute approximate surface area is 152 Å². The topological polar surface area (TPSA) is 85.9 Å². The summed E-state index contributed by atoms with van der Waals surface area (Å²) in [6.45, 7) is 3.88. The van der Waals surface area contributed by atoms with Crippen LogP contribution in [0.2, 0.25) is 0 Å². The Morgan fingerprint density at radius 2 is 1.58 bits per heavy atom. The van der Waals surface area contributed by atoms with Crippen molar-refractivity contribution in [2.75, 3.05) is 31.5 Å². The van der Waals surface area contributed by atoms with Gasteiger partial charge in [0.25, 0.3) is 5.91 Å². The molecule has 2 aromatic carbocycles. The quantitative estimate of drug-likeness (QED) is 0.819. The highest BCUT2D eigenvalue weighted by atomic mass is 16.5. The molecule has 2 rings (SSSR count). The van der Waals surface area contributed by atoms with Crippen LogP contribution in [0.4, 0.5) is 16.2 Å². The highest BCUT2D eigenvalue weighted by Gasteiger charge is 2.12. The molecular formula is C19H22N2O5. The van der Waals surface area contributed by atoms with Gasteiger partial charge < -0.3 is 19.5 Å². The number of benzene rings is 2. The molecule has 26 heavy (non-hydrogen) atoms. The average molecular weight is 358 g/mol. The van der Waals surface area contributed by atoms with Gasteiger partial charge in [-0.1, -0.05) is 0 Å². The zero-order chi connectivity index (χ0) is 19.1. The van der Waals surface area contributed by atoms with Crippen molar-refractivity contribution in [3.05, 3.63) is 47.5 Å². The van der Waals surface area contributed by atoms with Crippen molar-refractivity contribution in [2.24, 2.45) is 0 Å². The highest BCUT2D eigenvalue weighted by Crippen LogP contribution is 2.33. The van der Waals surface area contributed by atoms with Crippen LogP contribution in [-0.2, 0) is 4.74 Å². The fourth-order valence-corrected chi connectivity index (χ4v) is 2.30. The molecule has 0 heterocycles. The fourth-order valence-electron chi connectivity index (χ4n) is 2.30. The second-order valence-electron chi connectivity index (χ2n) is 5.40. The molecule has 0 saturated carbocycles. The molecule has 7 heteroatoms. The number of carbonyl (C=O) groups excluding carboxylic acids is 2. The summed E-state index contributed by atoms with van der Waals surface area (Å²) in [6.07, 6.45) is -0.536. The van der Waals surface area contributed by atoms with Gasteiger partial charge in [0.05, 0.1) is 20.8 Å². The Morgan fingerprint density at radius 1 is 0.962 bits per heavy atom. The van der Waals surface area contributed by atoms with Crippen LogP contribution < -0.4 is 20.1 Å². The lowest BCUT2D eigenvalue weighted by molar-refractivity contribution is 0.102. The van der Waals surface area contributed by atoms with E-state index in [0.29, 0.717) is 28.4 Å². The van der Waals surface area contributed by atoms with Crippen molar-refractivity contribution < 1.29 is 23.8 Å². The molecule has 0 radical (unpaired) electrons. The molecule has 0 bridgehead atoms. The molecule has 0 saturated heterocycles. The minimum atomic E-state index is -0.536. The third kappa shape index (κ3) is 4.66. The number of rotatable bonds is 6. The van der Waals surface area contributed by atoms with Crippen LogP contribution in [-0.4, -0.2) is 32.8 Å². The largest absolute Gasteiger partial charge is 0.493 e. The first-order valence-corrected chi connectivity index (χ1v) is 8.06. The number of anilines is 2.